The van der Waals surface area contributed by atoms with Crippen LogP contribution in [-0.2, 0) is 9.84 Å². The first-order valence-corrected chi connectivity index (χ1v) is 6.62. The number of para-hydroxylation sites is 1. The largest absolute Gasteiger partial charge is 0.476 e. The quantitative estimate of drug-likeness (QED) is 0.870. The van der Waals surface area contributed by atoms with Gasteiger partial charge in [-0.3, -0.25) is 0 Å². The van der Waals surface area contributed by atoms with Crippen LogP contribution >= 0.6 is 0 Å². The maximum atomic E-state index is 11.5. The zero-order chi connectivity index (χ0) is 12.6. The van der Waals surface area contributed by atoms with Gasteiger partial charge in [0.05, 0.1) is 5.52 Å². The first kappa shape index (κ1) is 11.5. The van der Waals surface area contributed by atoms with Gasteiger partial charge in [-0.2, -0.15) is 0 Å². The number of carboxylic acids is 1. The van der Waals surface area contributed by atoms with E-state index in [0.717, 1.165) is 6.26 Å². The molecule has 0 spiro atoms. The van der Waals surface area contributed by atoms with Gasteiger partial charge in [0, 0.05) is 11.6 Å². The van der Waals surface area contributed by atoms with Gasteiger partial charge in [0.1, 0.15) is 4.90 Å². The van der Waals surface area contributed by atoms with Gasteiger partial charge in [-0.1, -0.05) is 18.2 Å². The van der Waals surface area contributed by atoms with Crippen molar-refractivity contribution in [1.29, 1.82) is 0 Å². The fourth-order valence-corrected chi connectivity index (χ4v) is 2.36. The molecule has 0 bridgehead atoms. The van der Waals surface area contributed by atoms with Crippen molar-refractivity contribution in [2.24, 2.45) is 0 Å². The molecule has 0 unspecified atom stereocenters. The molecule has 6 heteroatoms. The first-order chi connectivity index (χ1) is 7.89. The van der Waals surface area contributed by atoms with Crippen LogP contribution in [0.2, 0.25) is 0 Å². The highest BCUT2D eigenvalue weighted by Gasteiger charge is 2.20. The van der Waals surface area contributed by atoms with Gasteiger partial charge < -0.3 is 5.11 Å². The van der Waals surface area contributed by atoms with Crippen LogP contribution < -0.4 is 0 Å². The molecule has 0 aliphatic rings. The smallest absolute Gasteiger partial charge is 0.355 e. The number of aromatic carboxylic acids is 1. The van der Waals surface area contributed by atoms with Crippen molar-refractivity contribution in [3.8, 4) is 0 Å². The molecule has 1 heterocycles. The minimum Gasteiger partial charge on any atom is -0.476 e. The van der Waals surface area contributed by atoms with Crippen LogP contribution in [0.15, 0.2) is 35.2 Å². The van der Waals surface area contributed by atoms with E-state index in [1.807, 2.05) is 0 Å². The molecule has 2 rings (SSSR count). The zero-order valence-corrected chi connectivity index (χ0v) is 9.73. The lowest BCUT2D eigenvalue weighted by atomic mass is 10.2. The Hall–Kier alpha value is -1.95. The number of fused-ring (bicyclic) bond motifs is 1. The van der Waals surface area contributed by atoms with Gasteiger partial charge >= 0.3 is 5.97 Å². The molecule has 0 amide bonds. The van der Waals surface area contributed by atoms with Crippen molar-refractivity contribution in [3.05, 3.63) is 36.0 Å². The average molecular weight is 251 g/mol. The molecular formula is C11H9NO4S. The highest BCUT2D eigenvalue weighted by molar-refractivity contribution is 7.90. The predicted octanol–water partition coefficient (Wildman–Crippen LogP) is 1.34. The lowest BCUT2D eigenvalue weighted by molar-refractivity contribution is 0.0686. The van der Waals surface area contributed by atoms with E-state index in [0.29, 0.717) is 10.9 Å². The third-order valence-corrected chi connectivity index (χ3v) is 3.40. The van der Waals surface area contributed by atoms with Gasteiger partial charge in [0.2, 0.25) is 0 Å². The molecule has 0 atom stereocenters. The minimum absolute atomic E-state index is 0.260. The van der Waals surface area contributed by atoms with E-state index >= 15 is 0 Å². The lowest BCUT2D eigenvalue weighted by Crippen LogP contribution is -2.10. The summed E-state index contributed by atoms with van der Waals surface area (Å²) in [6.07, 6.45) is 0.964. The molecule has 1 N–H and O–H groups in total. The summed E-state index contributed by atoms with van der Waals surface area (Å²) < 4.78 is 23.0. The highest BCUT2D eigenvalue weighted by Crippen LogP contribution is 2.20. The minimum atomic E-state index is -3.61. The maximum Gasteiger partial charge on any atom is 0.355 e. The van der Waals surface area contributed by atoms with Gasteiger partial charge in [-0.25, -0.2) is 18.2 Å². The fourth-order valence-electron chi connectivity index (χ4n) is 1.53. The molecule has 0 aliphatic carbocycles. The predicted molar refractivity (Wildman–Crippen MR) is 61.8 cm³/mol. The van der Waals surface area contributed by atoms with Crippen molar-refractivity contribution in [2.75, 3.05) is 6.26 Å². The standard InChI is InChI=1S/C11H9NO4S/c1-17(15,16)9-6-7-4-2-3-5-8(7)12-10(9)11(13)14/h2-6H,1H3,(H,13,14). The maximum absolute atomic E-state index is 11.5. The number of rotatable bonds is 2. The summed E-state index contributed by atoms with van der Waals surface area (Å²) >= 11 is 0. The molecule has 0 radical (unpaired) electrons. The molecule has 0 fully saturated rings. The number of pyridine rings is 1. The Morgan fingerprint density at radius 3 is 2.53 bits per heavy atom. The Bertz CT molecular complexity index is 706. The number of sulfone groups is 1. The topological polar surface area (TPSA) is 84.3 Å². The number of benzene rings is 1. The van der Waals surface area contributed by atoms with Crippen LogP contribution in [0, 0.1) is 0 Å². The lowest BCUT2D eigenvalue weighted by Gasteiger charge is -2.05. The average Bonchev–Trinajstić information content (AvgIpc) is 2.26. The summed E-state index contributed by atoms with van der Waals surface area (Å²) in [6.45, 7) is 0. The molecular weight excluding hydrogens is 242 g/mol. The third kappa shape index (κ3) is 2.12. The van der Waals surface area contributed by atoms with Crippen molar-refractivity contribution in [3.63, 3.8) is 0 Å². The molecule has 0 aliphatic heterocycles. The zero-order valence-electron chi connectivity index (χ0n) is 8.91. The molecule has 0 saturated heterocycles. The monoisotopic (exact) mass is 251 g/mol. The highest BCUT2D eigenvalue weighted by atomic mass is 32.2. The van der Waals surface area contributed by atoms with E-state index in [2.05, 4.69) is 4.98 Å². The van der Waals surface area contributed by atoms with Crippen molar-refractivity contribution >= 4 is 26.7 Å². The van der Waals surface area contributed by atoms with Crippen LogP contribution in [0.4, 0.5) is 0 Å². The second-order valence-corrected chi connectivity index (χ2v) is 5.59. The SMILES string of the molecule is CS(=O)(=O)c1cc2ccccc2nc1C(=O)O. The van der Waals surface area contributed by atoms with Crippen LogP contribution in [0.3, 0.4) is 0 Å². The van der Waals surface area contributed by atoms with E-state index in [1.54, 1.807) is 24.3 Å². The van der Waals surface area contributed by atoms with Crippen molar-refractivity contribution in [2.45, 2.75) is 4.90 Å². The van der Waals surface area contributed by atoms with E-state index < -0.39 is 21.5 Å². The number of nitrogens with zero attached hydrogens (tertiary/aromatic N) is 1. The summed E-state index contributed by atoms with van der Waals surface area (Å²) in [5.41, 5.74) is 0.0171. The van der Waals surface area contributed by atoms with Crippen molar-refractivity contribution < 1.29 is 18.3 Å². The van der Waals surface area contributed by atoms with E-state index in [1.165, 1.54) is 6.07 Å². The second-order valence-electron chi connectivity index (χ2n) is 3.61. The molecule has 1 aromatic heterocycles. The van der Waals surface area contributed by atoms with E-state index in [-0.39, 0.29) is 4.90 Å². The Labute approximate surface area is 97.6 Å². The molecule has 0 saturated carbocycles. The molecule has 1 aromatic carbocycles. The first-order valence-electron chi connectivity index (χ1n) is 4.73. The van der Waals surface area contributed by atoms with Crippen LogP contribution in [0.5, 0.6) is 0 Å². The van der Waals surface area contributed by atoms with E-state index in [4.69, 9.17) is 5.11 Å². The number of hydrogen-bond donors (Lipinski definition) is 1. The Kier molecular flexibility index (Phi) is 2.59. The Morgan fingerprint density at radius 2 is 1.94 bits per heavy atom. The van der Waals surface area contributed by atoms with Gasteiger partial charge in [0.15, 0.2) is 15.5 Å². The van der Waals surface area contributed by atoms with Gasteiger partial charge in [-0.05, 0) is 12.1 Å². The van der Waals surface area contributed by atoms with Gasteiger partial charge in [0.25, 0.3) is 0 Å². The summed E-state index contributed by atoms with van der Waals surface area (Å²) in [6, 6.07) is 8.09. The number of hydrogen-bond acceptors (Lipinski definition) is 4. The molecule has 17 heavy (non-hydrogen) atoms. The second kappa shape index (κ2) is 3.81. The summed E-state index contributed by atoms with van der Waals surface area (Å²) in [5.74, 6) is -1.35. The summed E-state index contributed by atoms with van der Waals surface area (Å²) in [4.78, 5) is 14.6. The van der Waals surface area contributed by atoms with E-state index in [9.17, 15) is 13.2 Å². The Morgan fingerprint density at radius 1 is 1.29 bits per heavy atom. The Balaban J connectivity index is 2.90. The molecule has 88 valence electrons. The van der Waals surface area contributed by atoms with Crippen LogP contribution in [-0.4, -0.2) is 30.7 Å². The summed E-state index contributed by atoms with van der Waals surface area (Å²) in [5, 5.41) is 9.56. The molecule has 5 nitrogen and oxygen atoms in total. The van der Waals surface area contributed by atoms with Crippen LogP contribution in [0.25, 0.3) is 10.9 Å². The number of carboxylic acid groups (broad SMARTS) is 1. The van der Waals surface area contributed by atoms with Crippen LogP contribution in [0.1, 0.15) is 10.5 Å². The normalized spacial score (nSPS) is 11.6. The van der Waals surface area contributed by atoms with Gasteiger partial charge in [-0.15, -0.1) is 0 Å². The number of aromatic nitrogens is 1. The fraction of sp³-hybridized carbons (Fsp3) is 0.0909. The third-order valence-electron chi connectivity index (χ3n) is 2.29. The number of carbonyl (C=O) groups is 1. The molecule has 2 aromatic rings. The van der Waals surface area contributed by atoms with Crippen molar-refractivity contribution in [1.82, 2.24) is 4.98 Å². The summed E-state index contributed by atoms with van der Waals surface area (Å²) in [7, 11) is -3.61.